The van der Waals surface area contributed by atoms with Gasteiger partial charge >= 0.3 is 0 Å². The average Bonchev–Trinajstić information content (AvgIpc) is 2.38. The number of hydrogen-bond donors (Lipinski definition) is 3. The molecule has 0 aliphatic heterocycles. The van der Waals surface area contributed by atoms with Crippen molar-refractivity contribution in [1.82, 2.24) is 10.6 Å². The fourth-order valence-electron chi connectivity index (χ4n) is 2.64. The van der Waals surface area contributed by atoms with Crippen molar-refractivity contribution >= 4 is 11.8 Å². The SMILES string of the molecule is CC(=O)N[C@@H](Cc1ccc(O)cc1)C(=O)NC1CC(C)C1. The van der Waals surface area contributed by atoms with Crippen LogP contribution in [-0.2, 0) is 16.0 Å². The van der Waals surface area contributed by atoms with E-state index in [2.05, 4.69) is 17.6 Å². The van der Waals surface area contributed by atoms with Crippen LogP contribution in [0, 0.1) is 5.92 Å². The Morgan fingerprint density at radius 1 is 1.29 bits per heavy atom. The Labute approximate surface area is 124 Å². The van der Waals surface area contributed by atoms with Gasteiger partial charge in [0.15, 0.2) is 0 Å². The molecular weight excluding hydrogens is 268 g/mol. The van der Waals surface area contributed by atoms with Crippen LogP contribution in [0.25, 0.3) is 0 Å². The lowest BCUT2D eigenvalue weighted by Gasteiger charge is -2.34. The highest BCUT2D eigenvalue weighted by Crippen LogP contribution is 2.26. The molecule has 5 heteroatoms. The molecule has 1 fully saturated rings. The molecule has 3 N–H and O–H groups in total. The first-order valence-electron chi connectivity index (χ1n) is 7.29. The second-order valence-electron chi connectivity index (χ2n) is 5.91. The van der Waals surface area contributed by atoms with Crippen LogP contribution in [0.15, 0.2) is 24.3 Å². The number of amides is 2. The van der Waals surface area contributed by atoms with Crippen molar-refractivity contribution in [1.29, 1.82) is 0 Å². The number of benzene rings is 1. The molecule has 0 aromatic heterocycles. The van der Waals surface area contributed by atoms with Gasteiger partial charge in [-0.15, -0.1) is 0 Å². The van der Waals surface area contributed by atoms with Gasteiger partial charge in [-0.1, -0.05) is 19.1 Å². The lowest BCUT2D eigenvalue weighted by molar-refractivity contribution is -0.129. The van der Waals surface area contributed by atoms with E-state index in [1.165, 1.54) is 6.92 Å². The van der Waals surface area contributed by atoms with Crippen molar-refractivity contribution in [2.45, 2.75) is 45.2 Å². The van der Waals surface area contributed by atoms with Crippen LogP contribution in [0.2, 0.25) is 0 Å². The fourth-order valence-corrected chi connectivity index (χ4v) is 2.64. The molecule has 1 aromatic rings. The number of phenols is 1. The number of carbonyl (C=O) groups excluding carboxylic acids is 2. The third kappa shape index (κ3) is 4.48. The molecule has 0 spiro atoms. The van der Waals surface area contributed by atoms with E-state index in [-0.39, 0.29) is 23.6 Å². The first-order valence-corrected chi connectivity index (χ1v) is 7.29. The summed E-state index contributed by atoms with van der Waals surface area (Å²) >= 11 is 0. The van der Waals surface area contributed by atoms with Crippen molar-refractivity contribution in [3.05, 3.63) is 29.8 Å². The lowest BCUT2D eigenvalue weighted by atomic mass is 9.82. The van der Waals surface area contributed by atoms with Crippen molar-refractivity contribution in [3.8, 4) is 5.75 Å². The summed E-state index contributed by atoms with van der Waals surface area (Å²) in [5.41, 5.74) is 0.892. The van der Waals surface area contributed by atoms with E-state index < -0.39 is 6.04 Å². The maximum absolute atomic E-state index is 12.3. The number of phenolic OH excluding ortho intramolecular Hbond substituents is 1. The zero-order valence-electron chi connectivity index (χ0n) is 12.4. The minimum Gasteiger partial charge on any atom is -0.508 e. The normalized spacial score (nSPS) is 22.0. The van der Waals surface area contributed by atoms with Crippen LogP contribution in [-0.4, -0.2) is 29.0 Å². The van der Waals surface area contributed by atoms with E-state index in [0.717, 1.165) is 18.4 Å². The average molecular weight is 290 g/mol. The van der Waals surface area contributed by atoms with Crippen LogP contribution in [0.5, 0.6) is 5.75 Å². The first kappa shape index (κ1) is 15.4. The summed E-state index contributed by atoms with van der Waals surface area (Å²) < 4.78 is 0. The number of aromatic hydroxyl groups is 1. The molecule has 0 radical (unpaired) electrons. The van der Waals surface area contributed by atoms with E-state index in [0.29, 0.717) is 12.3 Å². The number of rotatable bonds is 5. The maximum Gasteiger partial charge on any atom is 0.243 e. The van der Waals surface area contributed by atoms with E-state index >= 15 is 0 Å². The highest BCUT2D eigenvalue weighted by Gasteiger charge is 2.29. The minimum atomic E-state index is -0.581. The molecular formula is C16H22N2O3. The number of carbonyl (C=O) groups is 2. The standard InChI is InChI=1S/C16H22N2O3/c1-10-7-13(8-10)18-16(21)15(17-11(2)19)9-12-3-5-14(20)6-4-12/h3-6,10,13,15,20H,7-9H2,1-2H3,(H,17,19)(H,18,21)/t10?,13?,15-/m0/s1. The van der Waals surface area contributed by atoms with Gasteiger partial charge in [-0.2, -0.15) is 0 Å². The van der Waals surface area contributed by atoms with Gasteiger partial charge in [-0.05, 0) is 36.5 Å². The largest absolute Gasteiger partial charge is 0.508 e. The van der Waals surface area contributed by atoms with Gasteiger partial charge < -0.3 is 15.7 Å². The van der Waals surface area contributed by atoms with Crippen LogP contribution in [0.3, 0.4) is 0 Å². The highest BCUT2D eigenvalue weighted by atomic mass is 16.3. The first-order chi connectivity index (χ1) is 9.94. The van der Waals surface area contributed by atoms with Crippen molar-refractivity contribution in [2.24, 2.45) is 5.92 Å². The summed E-state index contributed by atoms with van der Waals surface area (Å²) in [4.78, 5) is 23.6. The molecule has 0 heterocycles. The Hall–Kier alpha value is -2.04. The molecule has 21 heavy (non-hydrogen) atoms. The third-order valence-electron chi connectivity index (χ3n) is 3.79. The maximum atomic E-state index is 12.3. The summed E-state index contributed by atoms with van der Waals surface area (Å²) in [6.07, 6.45) is 2.41. The van der Waals surface area contributed by atoms with Gasteiger partial charge in [0, 0.05) is 19.4 Å². The molecule has 1 saturated carbocycles. The monoisotopic (exact) mass is 290 g/mol. The Balaban J connectivity index is 1.97. The van der Waals surface area contributed by atoms with E-state index in [1.807, 2.05) is 0 Å². The molecule has 1 aliphatic carbocycles. The number of nitrogens with one attached hydrogen (secondary N) is 2. The lowest BCUT2D eigenvalue weighted by Crippen LogP contribution is -2.53. The summed E-state index contributed by atoms with van der Waals surface area (Å²) in [5, 5.41) is 15.0. The third-order valence-corrected chi connectivity index (χ3v) is 3.79. The van der Waals surface area contributed by atoms with Crippen LogP contribution in [0.1, 0.15) is 32.3 Å². The summed E-state index contributed by atoms with van der Waals surface area (Å²) in [5.74, 6) is 0.473. The zero-order chi connectivity index (χ0) is 15.4. The second kappa shape index (κ2) is 6.61. The predicted molar refractivity (Wildman–Crippen MR) is 79.7 cm³/mol. The quantitative estimate of drug-likeness (QED) is 0.766. The molecule has 1 aliphatic rings. The highest BCUT2D eigenvalue weighted by molar-refractivity contribution is 5.87. The van der Waals surface area contributed by atoms with Gasteiger partial charge in [0.2, 0.25) is 11.8 Å². The molecule has 114 valence electrons. The molecule has 2 rings (SSSR count). The molecule has 0 unspecified atom stereocenters. The molecule has 5 nitrogen and oxygen atoms in total. The minimum absolute atomic E-state index is 0.143. The Kier molecular flexibility index (Phi) is 4.83. The van der Waals surface area contributed by atoms with E-state index in [9.17, 15) is 14.7 Å². The second-order valence-corrected chi connectivity index (χ2v) is 5.91. The van der Waals surface area contributed by atoms with E-state index in [1.54, 1.807) is 24.3 Å². The van der Waals surface area contributed by atoms with Crippen molar-refractivity contribution in [2.75, 3.05) is 0 Å². The van der Waals surface area contributed by atoms with Crippen LogP contribution < -0.4 is 10.6 Å². The smallest absolute Gasteiger partial charge is 0.243 e. The fraction of sp³-hybridized carbons (Fsp3) is 0.500. The van der Waals surface area contributed by atoms with Gasteiger partial charge in [-0.3, -0.25) is 9.59 Å². The van der Waals surface area contributed by atoms with Crippen molar-refractivity contribution in [3.63, 3.8) is 0 Å². The Morgan fingerprint density at radius 3 is 2.43 bits per heavy atom. The molecule has 0 bridgehead atoms. The summed E-state index contributed by atoms with van der Waals surface area (Å²) in [6.45, 7) is 3.56. The van der Waals surface area contributed by atoms with Crippen LogP contribution >= 0.6 is 0 Å². The predicted octanol–water partition coefficient (Wildman–Crippen LogP) is 1.35. The Bertz CT molecular complexity index is 507. The molecule has 2 amide bonds. The van der Waals surface area contributed by atoms with E-state index in [4.69, 9.17) is 0 Å². The summed E-state index contributed by atoms with van der Waals surface area (Å²) in [6, 6.07) is 6.30. The molecule has 0 saturated heterocycles. The van der Waals surface area contributed by atoms with Gasteiger partial charge in [0.25, 0.3) is 0 Å². The zero-order valence-corrected chi connectivity index (χ0v) is 12.4. The van der Waals surface area contributed by atoms with Crippen molar-refractivity contribution < 1.29 is 14.7 Å². The van der Waals surface area contributed by atoms with Gasteiger partial charge in [0.05, 0.1) is 0 Å². The Morgan fingerprint density at radius 2 is 1.90 bits per heavy atom. The molecule has 1 aromatic carbocycles. The van der Waals surface area contributed by atoms with Gasteiger partial charge in [0.1, 0.15) is 11.8 Å². The van der Waals surface area contributed by atoms with Crippen LogP contribution in [0.4, 0.5) is 0 Å². The summed E-state index contributed by atoms with van der Waals surface area (Å²) in [7, 11) is 0. The molecule has 1 atom stereocenters. The van der Waals surface area contributed by atoms with Gasteiger partial charge in [-0.25, -0.2) is 0 Å². The topological polar surface area (TPSA) is 78.4 Å². The number of hydrogen-bond acceptors (Lipinski definition) is 3.